The lowest BCUT2D eigenvalue weighted by Crippen LogP contribution is -2.18. The molecule has 0 saturated carbocycles. The largest absolute Gasteiger partial charge is 0.504 e. The summed E-state index contributed by atoms with van der Waals surface area (Å²) in [7, 11) is 0. The molecule has 98 valence electrons. The van der Waals surface area contributed by atoms with E-state index < -0.39 is 12.2 Å². The van der Waals surface area contributed by atoms with Gasteiger partial charge < -0.3 is 14.9 Å². The van der Waals surface area contributed by atoms with Crippen LogP contribution in [-0.2, 0) is 4.74 Å². The van der Waals surface area contributed by atoms with E-state index in [1.54, 1.807) is 13.8 Å². The Hall–Kier alpha value is -2.44. The summed E-state index contributed by atoms with van der Waals surface area (Å²) in [4.78, 5) is 21.8. The summed E-state index contributed by atoms with van der Waals surface area (Å²) in [6.07, 6.45) is -2.34. The fourth-order valence-electron chi connectivity index (χ4n) is 1.21. The molecule has 0 fully saturated rings. The maximum absolute atomic E-state index is 11.3. The molecule has 0 bridgehead atoms. The molecule has 0 spiro atoms. The zero-order chi connectivity index (χ0) is 13.7. The van der Waals surface area contributed by atoms with Gasteiger partial charge in [0, 0.05) is 0 Å². The summed E-state index contributed by atoms with van der Waals surface area (Å²) in [5.41, 5.74) is 0.0387. The van der Waals surface area contributed by atoms with E-state index in [9.17, 15) is 14.7 Å². The minimum atomic E-state index is -1.31. The molecular formula is C11H14N2O5. The fourth-order valence-corrected chi connectivity index (χ4v) is 1.21. The highest BCUT2D eigenvalue weighted by atomic mass is 16.6. The second-order valence-electron chi connectivity index (χ2n) is 3.71. The number of carbonyl (C=O) groups excluding carboxylic acids is 1. The molecule has 0 unspecified atom stereocenters. The topological polar surface area (TPSA) is 108 Å². The zero-order valence-electron chi connectivity index (χ0n) is 9.93. The van der Waals surface area contributed by atoms with Crippen LogP contribution in [0.5, 0.6) is 5.75 Å². The first kappa shape index (κ1) is 13.6. The molecule has 4 N–H and O–H groups in total. The molecule has 0 heterocycles. The number of phenols is 1. The molecule has 0 radical (unpaired) electrons. The molecule has 0 aliphatic rings. The van der Waals surface area contributed by atoms with Crippen molar-refractivity contribution in [3.05, 3.63) is 18.2 Å². The second kappa shape index (κ2) is 5.76. The van der Waals surface area contributed by atoms with Gasteiger partial charge in [0.1, 0.15) is 0 Å². The van der Waals surface area contributed by atoms with Gasteiger partial charge in [-0.2, -0.15) is 0 Å². The molecule has 2 amide bonds. The summed E-state index contributed by atoms with van der Waals surface area (Å²) in [6.45, 7) is 3.36. The standard InChI is InChI=1S/C11H14N2O5/c1-6(2)18-11(17)13-8-5-3-4-7(9(8)14)12-10(15)16/h3-6,12,14H,1-2H3,(H,13,17)(H,15,16). The van der Waals surface area contributed by atoms with Crippen LogP contribution >= 0.6 is 0 Å². The normalized spacial score (nSPS) is 9.94. The molecule has 1 rings (SSSR count). The summed E-state index contributed by atoms with van der Waals surface area (Å²) in [5.74, 6) is -0.374. The lowest BCUT2D eigenvalue weighted by Gasteiger charge is -2.12. The molecule has 0 saturated heterocycles. The van der Waals surface area contributed by atoms with Gasteiger partial charge in [0.2, 0.25) is 0 Å². The van der Waals surface area contributed by atoms with Gasteiger partial charge in [-0.25, -0.2) is 9.59 Å². The Labute approximate surface area is 103 Å². The molecular weight excluding hydrogens is 240 g/mol. The Balaban J connectivity index is 2.83. The second-order valence-corrected chi connectivity index (χ2v) is 3.71. The lowest BCUT2D eigenvalue weighted by atomic mass is 10.2. The number of nitrogens with one attached hydrogen (secondary N) is 2. The highest BCUT2D eigenvalue weighted by molar-refractivity contribution is 5.92. The van der Waals surface area contributed by atoms with Gasteiger partial charge in [-0.05, 0) is 26.0 Å². The maximum atomic E-state index is 11.3. The predicted molar refractivity (Wildman–Crippen MR) is 65.0 cm³/mol. The van der Waals surface area contributed by atoms with Crippen LogP contribution in [0.3, 0.4) is 0 Å². The minimum Gasteiger partial charge on any atom is -0.504 e. The highest BCUT2D eigenvalue weighted by Gasteiger charge is 2.12. The van der Waals surface area contributed by atoms with Gasteiger partial charge in [0.05, 0.1) is 17.5 Å². The van der Waals surface area contributed by atoms with Crippen LogP contribution in [0.25, 0.3) is 0 Å². The Morgan fingerprint density at radius 3 is 2.28 bits per heavy atom. The summed E-state index contributed by atoms with van der Waals surface area (Å²) in [6, 6.07) is 4.27. The predicted octanol–water partition coefficient (Wildman–Crippen LogP) is 2.44. The summed E-state index contributed by atoms with van der Waals surface area (Å²) < 4.78 is 4.83. The number of para-hydroxylation sites is 1. The van der Waals surface area contributed by atoms with Crippen molar-refractivity contribution in [3.8, 4) is 5.75 Å². The molecule has 7 nitrogen and oxygen atoms in total. The number of aromatic hydroxyl groups is 1. The van der Waals surface area contributed by atoms with Crippen molar-refractivity contribution in [2.75, 3.05) is 10.6 Å². The Kier molecular flexibility index (Phi) is 4.36. The van der Waals surface area contributed by atoms with Gasteiger partial charge in [0.25, 0.3) is 0 Å². The molecule has 0 atom stereocenters. The summed E-state index contributed by atoms with van der Waals surface area (Å²) >= 11 is 0. The first-order chi connectivity index (χ1) is 8.40. The zero-order valence-corrected chi connectivity index (χ0v) is 9.93. The van der Waals surface area contributed by atoms with Crippen LogP contribution < -0.4 is 10.6 Å². The molecule has 1 aromatic rings. The Morgan fingerprint density at radius 2 is 1.78 bits per heavy atom. The number of hydrogen-bond acceptors (Lipinski definition) is 4. The Bertz CT molecular complexity index is 459. The van der Waals surface area contributed by atoms with Gasteiger partial charge in [0.15, 0.2) is 5.75 Å². The molecule has 1 aromatic carbocycles. The first-order valence-corrected chi connectivity index (χ1v) is 5.19. The number of benzene rings is 1. The SMILES string of the molecule is CC(C)OC(=O)Nc1cccc(NC(=O)O)c1O. The van der Waals surface area contributed by atoms with E-state index >= 15 is 0 Å². The van der Waals surface area contributed by atoms with Gasteiger partial charge in [-0.15, -0.1) is 0 Å². The van der Waals surface area contributed by atoms with E-state index in [1.807, 2.05) is 5.32 Å². The molecule has 18 heavy (non-hydrogen) atoms. The number of hydrogen-bond donors (Lipinski definition) is 4. The van der Waals surface area contributed by atoms with Gasteiger partial charge in [-0.3, -0.25) is 10.6 Å². The van der Waals surface area contributed by atoms with Crippen LogP contribution in [0.15, 0.2) is 18.2 Å². The highest BCUT2D eigenvalue weighted by Crippen LogP contribution is 2.31. The van der Waals surface area contributed by atoms with E-state index in [0.717, 1.165) is 0 Å². The number of ether oxygens (including phenoxy) is 1. The Morgan fingerprint density at radius 1 is 1.22 bits per heavy atom. The van der Waals surface area contributed by atoms with Crippen molar-refractivity contribution in [2.24, 2.45) is 0 Å². The number of rotatable bonds is 3. The molecule has 7 heteroatoms. The smallest absolute Gasteiger partial charge is 0.411 e. The molecule has 0 aromatic heterocycles. The fraction of sp³-hybridized carbons (Fsp3) is 0.273. The van der Waals surface area contributed by atoms with Gasteiger partial charge in [-0.1, -0.05) is 6.07 Å². The third-order valence-corrected chi connectivity index (χ3v) is 1.86. The van der Waals surface area contributed by atoms with E-state index in [0.29, 0.717) is 0 Å². The van der Waals surface area contributed by atoms with Crippen molar-refractivity contribution >= 4 is 23.6 Å². The maximum Gasteiger partial charge on any atom is 0.411 e. The van der Waals surface area contributed by atoms with Crippen LogP contribution in [0.4, 0.5) is 21.0 Å². The monoisotopic (exact) mass is 254 g/mol. The lowest BCUT2D eigenvalue weighted by molar-refractivity contribution is 0.130. The average Bonchev–Trinajstić information content (AvgIpc) is 2.22. The van der Waals surface area contributed by atoms with Gasteiger partial charge >= 0.3 is 12.2 Å². The minimum absolute atomic E-state index is 0.0233. The molecule has 0 aliphatic carbocycles. The van der Waals surface area contributed by atoms with Crippen molar-refractivity contribution in [1.82, 2.24) is 0 Å². The summed E-state index contributed by atoms with van der Waals surface area (Å²) in [5, 5.41) is 22.6. The number of carboxylic acid groups (broad SMARTS) is 1. The van der Waals surface area contributed by atoms with Crippen LogP contribution in [0.1, 0.15) is 13.8 Å². The van der Waals surface area contributed by atoms with Crippen molar-refractivity contribution < 1.29 is 24.5 Å². The quantitative estimate of drug-likeness (QED) is 0.619. The number of carbonyl (C=O) groups is 2. The van der Waals surface area contributed by atoms with Crippen LogP contribution in [-0.4, -0.2) is 28.5 Å². The number of anilines is 2. The van der Waals surface area contributed by atoms with Crippen molar-refractivity contribution in [2.45, 2.75) is 20.0 Å². The van der Waals surface area contributed by atoms with E-state index in [-0.39, 0.29) is 23.2 Å². The third kappa shape index (κ3) is 3.85. The van der Waals surface area contributed by atoms with Crippen molar-refractivity contribution in [1.29, 1.82) is 0 Å². The van der Waals surface area contributed by atoms with Crippen molar-refractivity contribution in [3.63, 3.8) is 0 Å². The van der Waals surface area contributed by atoms with E-state index in [1.165, 1.54) is 18.2 Å². The number of phenolic OH excluding ortho intramolecular Hbond substituents is 1. The van der Waals surface area contributed by atoms with Crippen LogP contribution in [0, 0.1) is 0 Å². The number of amides is 2. The van der Waals surface area contributed by atoms with E-state index in [2.05, 4.69) is 5.32 Å². The average molecular weight is 254 g/mol. The first-order valence-electron chi connectivity index (χ1n) is 5.19. The van der Waals surface area contributed by atoms with Crippen LogP contribution in [0.2, 0.25) is 0 Å². The molecule has 0 aliphatic heterocycles. The van der Waals surface area contributed by atoms with E-state index in [4.69, 9.17) is 9.84 Å². The third-order valence-electron chi connectivity index (χ3n) is 1.86.